The van der Waals surface area contributed by atoms with Gasteiger partial charge in [0.2, 0.25) is 11.5 Å². The van der Waals surface area contributed by atoms with Gasteiger partial charge in [0.1, 0.15) is 0 Å². The molecule has 1 aromatic carbocycles. The van der Waals surface area contributed by atoms with Crippen LogP contribution in [-0.4, -0.2) is 24.4 Å². The van der Waals surface area contributed by atoms with Crippen LogP contribution in [0.5, 0.6) is 23.0 Å². The molecule has 234 valence electrons. The molecule has 2 N–H and O–H groups in total. The van der Waals surface area contributed by atoms with E-state index < -0.39 is 0 Å². The van der Waals surface area contributed by atoms with Crippen molar-refractivity contribution in [1.29, 1.82) is 0 Å². The van der Waals surface area contributed by atoms with Crippen LogP contribution in [-0.2, 0) is 6.42 Å². The van der Waals surface area contributed by atoms with Crippen molar-refractivity contribution < 1.29 is 19.7 Å². The molecule has 0 fully saturated rings. The van der Waals surface area contributed by atoms with Crippen LogP contribution in [0.1, 0.15) is 149 Å². The largest absolute Gasteiger partial charge is 0.504 e. The summed E-state index contributed by atoms with van der Waals surface area (Å²) in [6.07, 6.45) is 20.7. The van der Waals surface area contributed by atoms with Gasteiger partial charge in [-0.2, -0.15) is 0 Å². The quantitative estimate of drug-likeness (QED) is 0.130. The molecular weight excluding hydrogens is 496 g/mol. The maximum absolute atomic E-state index is 10.7. The molecule has 0 saturated heterocycles. The molecule has 0 heterocycles. The first-order valence-corrected chi connectivity index (χ1v) is 16.7. The zero-order valence-electron chi connectivity index (χ0n) is 27.9. The van der Waals surface area contributed by atoms with Gasteiger partial charge in [-0.1, -0.05) is 131 Å². The Kier molecular flexibility index (Phi) is 18.5. The van der Waals surface area contributed by atoms with Gasteiger partial charge in [0, 0.05) is 11.1 Å². The number of phenols is 2. The molecule has 1 aromatic rings. The average Bonchev–Trinajstić information content (AvgIpc) is 2.90. The monoisotopic (exact) mass is 562 g/mol. The van der Waals surface area contributed by atoms with Crippen LogP contribution in [0.3, 0.4) is 0 Å². The molecule has 0 saturated carbocycles. The third-order valence-corrected chi connectivity index (χ3v) is 9.38. The highest BCUT2D eigenvalue weighted by Crippen LogP contribution is 2.48. The molecule has 5 unspecified atom stereocenters. The van der Waals surface area contributed by atoms with E-state index in [0.717, 1.165) is 42.1 Å². The minimum atomic E-state index is 0.0559. The summed E-state index contributed by atoms with van der Waals surface area (Å²) in [4.78, 5) is 0. The Balaban J connectivity index is 2.21. The van der Waals surface area contributed by atoms with Gasteiger partial charge < -0.3 is 19.7 Å². The number of phenolic OH excluding ortho intramolecular Hbond substituents is 2. The second kappa shape index (κ2) is 20.3. The second-order valence-corrected chi connectivity index (χ2v) is 13.4. The summed E-state index contributed by atoms with van der Waals surface area (Å²) in [6, 6.07) is 0. The molecule has 0 aromatic heterocycles. The summed E-state index contributed by atoms with van der Waals surface area (Å²) >= 11 is 0. The molecule has 0 bridgehead atoms. The lowest BCUT2D eigenvalue weighted by Gasteiger charge is -2.19. The Morgan fingerprint density at radius 1 is 0.525 bits per heavy atom. The van der Waals surface area contributed by atoms with E-state index in [4.69, 9.17) is 9.47 Å². The third kappa shape index (κ3) is 13.4. The van der Waals surface area contributed by atoms with Gasteiger partial charge in [0.15, 0.2) is 11.5 Å². The Hall–Kier alpha value is -1.58. The van der Waals surface area contributed by atoms with E-state index in [-0.39, 0.29) is 23.0 Å². The van der Waals surface area contributed by atoms with Crippen LogP contribution in [0.4, 0.5) is 0 Å². The van der Waals surface area contributed by atoms with E-state index in [1.54, 1.807) is 0 Å². The van der Waals surface area contributed by atoms with Crippen LogP contribution in [0.15, 0.2) is 0 Å². The summed E-state index contributed by atoms with van der Waals surface area (Å²) in [5.41, 5.74) is 1.43. The predicted octanol–water partition coefficient (Wildman–Crippen LogP) is 11.0. The first-order chi connectivity index (χ1) is 19.0. The van der Waals surface area contributed by atoms with Crippen molar-refractivity contribution >= 4 is 0 Å². The fraction of sp³-hybridized carbons (Fsp3) is 0.833. The third-order valence-electron chi connectivity index (χ3n) is 9.38. The van der Waals surface area contributed by atoms with Gasteiger partial charge in [-0.05, 0) is 49.4 Å². The number of methoxy groups -OCH3 is 2. The number of aromatic hydroxyl groups is 2. The van der Waals surface area contributed by atoms with Crippen molar-refractivity contribution in [3.8, 4) is 23.0 Å². The summed E-state index contributed by atoms with van der Waals surface area (Å²) in [5.74, 6) is 4.59. The highest BCUT2D eigenvalue weighted by Gasteiger charge is 2.23. The molecule has 5 atom stereocenters. The van der Waals surface area contributed by atoms with Gasteiger partial charge in [-0.25, -0.2) is 0 Å². The smallest absolute Gasteiger partial charge is 0.207 e. The summed E-state index contributed by atoms with van der Waals surface area (Å²) in [6.45, 7) is 16.2. The van der Waals surface area contributed by atoms with E-state index in [0.29, 0.717) is 11.5 Å². The highest BCUT2D eigenvalue weighted by atomic mass is 16.5. The normalized spacial score (nSPS) is 15.4. The Morgan fingerprint density at radius 2 is 0.850 bits per heavy atom. The lowest BCUT2D eigenvalue weighted by atomic mass is 9.89. The molecule has 0 aliphatic heterocycles. The van der Waals surface area contributed by atoms with Gasteiger partial charge in [0.25, 0.3) is 0 Å². The van der Waals surface area contributed by atoms with Crippen molar-refractivity contribution in [2.75, 3.05) is 14.2 Å². The minimum absolute atomic E-state index is 0.0559. The second-order valence-electron chi connectivity index (χ2n) is 13.4. The molecule has 1 rings (SSSR count). The van der Waals surface area contributed by atoms with Gasteiger partial charge in [-0.3, -0.25) is 0 Å². The lowest BCUT2D eigenvalue weighted by Crippen LogP contribution is -2.04. The number of hydrogen-bond donors (Lipinski definition) is 2. The van der Waals surface area contributed by atoms with Crippen molar-refractivity contribution in [2.24, 2.45) is 29.6 Å². The molecule has 40 heavy (non-hydrogen) atoms. The maximum Gasteiger partial charge on any atom is 0.207 e. The molecule has 0 spiro atoms. The van der Waals surface area contributed by atoms with E-state index >= 15 is 0 Å². The molecule has 0 aliphatic carbocycles. The average molecular weight is 563 g/mol. The fourth-order valence-electron chi connectivity index (χ4n) is 6.39. The van der Waals surface area contributed by atoms with Crippen molar-refractivity contribution in [3.63, 3.8) is 0 Å². The predicted molar refractivity (Wildman–Crippen MR) is 172 cm³/mol. The topological polar surface area (TPSA) is 58.9 Å². The molecule has 4 nitrogen and oxygen atoms in total. The van der Waals surface area contributed by atoms with E-state index in [2.05, 4.69) is 41.5 Å². The summed E-state index contributed by atoms with van der Waals surface area (Å²) in [5, 5.41) is 21.2. The number of rotatable bonds is 23. The van der Waals surface area contributed by atoms with Crippen LogP contribution >= 0.6 is 0 Å². The van der Waals surface area contributed by atoms with Crippen LogP contribution in [0.2, 0.25) is 0 Å². The van der Waals surface area contributed by atoms with E-state index in [9.17, 15) is 10.2 Å². The zero-order valence-corrected chi connectivity index (χ0v) is 27.9. The van der Waals surface area contributed by atoms with E-state index in [1.165, 1.54) is 104 Å². The first kappa shape index (κ1) is 36.4. The Bertz CT molecular complexity index is 805. The SMILES string of the molecule is CCCC(C)CCCC(C)CCCC(C)CCCC(C)CCCC(C)CCc1c(C)c(O)c(OC)c(OC)c1O. The van der Waals surface area contributed by atoms with Crippen molar-refractivity contribution in [1.82, 2.24) is 0 Å². The summed E-state index contributed by atoms with van der Waals surface area (Å²) in [7, 11) is 2.96. The number of hydrogen-bond acceptors (Lipinski definition) is 4. The van der Waals surface area contributed by atoms with Crippen molar-refractivity contribution in [3.05, 3.63) is 11.1 Å². The minimum Gasteiger partial charge on any atom is -0.504 e. The van der Waals surface area contributed by atoms with Crippen molar-refractivity contribution in [2.45, 2.75) is 151 Å². The summed E-state index contributed by atoms with van der Waals surface area (Å²) < 4.78 is 10.5. The number of ether oxygens (including phenoxy) is 2. The fourth-order valence-corrected chi connectivity index (χ4v) is 6.39. The zero-order chi connectivity index (χ0) is 30.1. The standard InChI is InChI=1S/C36H66O4/c1-10-15-26(2)16-11-17-27(3)18-12-19-28(4)20-13-21-29(5)22-14-23-30(6)24-25-32-31(7)33(37)35(39-8)36(40-9)34(32)38/h26-30,37-38H,10-25H2,1-9H3. The Morgan fingerprint density at radius 3 is 1.20 bits per heavy atom. The molecule has 0 amide bonds. The molecular formula is C36H66O4. The van der Waals surface area contributed by atoms with Gasteiger partial charge in [0.05, 0.1) is 14.2 Å². The van der Waals surface area contributed by atoms with Crippen LogP contribution in [0, 0.1) is 36.5 Å². The van der Waals surface area contributed by atoms with Gasteiger partial charge in [-0.15, -0.1) is 0 Å². The van der Waals surface area contributed by atoms with Crippen LogP contribution < -0.4 is 9.47 Å². The lowest BCUT2D eigenvalue weighted by molar-refractivity contribution is 0.313. The molecule has 0 aliphatic rings. The number of benzene rings is 1. The maximum atomic E-state index is 10.7. The molecule has 0 radical (unpaired) electrons. The molecule has 4 heteroatoms. The first-order valence-electron chi connectivity index (χ1n) is 16.7. The highest BCUT2D eigenvalue weighted by molar-refractivity contribution is 5.65. The van der Waals surface area contributed by atoms with Gasteiger partial charge >= 0.3 is 0 Å². The van der Waals surface area contributed by atoms with Crippen LogP contribution in [0.25, 0.3) is 0 Å². The van der Waals surface area contributed by atoms with E-state index in [1.807, 2.05) is 6.92 Å². The Labute approximate surface area is 248 Å².